The molecule has 0 radical (unpaired) electrons. The Labute approximate surface area is 161 Å². The number of carbonyl (C=O) groups is 1. The Morgan fingerprint density at radius 3 is 1.96 bits per heavy atom. The fraction of sp³-hybridized carbons (Fsp3) is 0.318. The van der Waals surface area contributed by atoms with Crippen LogP contribution < -0.4 is 19.5 Å². The summed E-state index contributed by atoms with van der Waals surface area (Å²) in [4.78, 5) is 12.3. The maximum absolute atomic E-state index is 12.3. The molecule has 1 unspecified atom stereocenters. The third-order valence-electron chi connectivity index (χ3n) is 4.22. The lowest BCUT2D eigenvalue weighted by molar-refractivity contribution is -0.117. The Kier molecular flexibility index (Phi) is 6.88. The van der Waals surface area contributed by atoms with Gasteiger partial charge in [0, 0.05) is 6.08 Å². The molecule has 0 aliphatic heterocycles. The zero-order chi connectivity index (χ0) is 20.0. The maximum atomic E-state index is 12.3. The summed E-state index contributed by atoms with van der Waals surface area (Å²) in [7, 11) is 4.67. The van der Waals surface area contributed by atoms with Gasteiger partial charge in [0.1, 0.15) is 0 Å². The van der Waals surface area contributed by atoms with Gasteiger partial charge in [-0.2, -0.15) is 0 Å². The smallest absolute Gasteiger partial charge is 0.244 e. The fourth-order valence-corrected chi connectivity index (χ4v) is 2.97. The van der Waals surface area contributed by atoms with E-state index in [1.165, 1.54) is 17.2 Å². The number of hydrogen-bond donors (Lipinski definition) is 1. The number of aryl methyl sites for hydroxylation is 2. The Hall–Kier alpha value is -2.95. The zero-order valence-corrected chi connectivity index (χ0v) is 16.8. The zero-order valence-electron chi connectivity index (χ0n) is 16.8. The molecule has 5 nitrogen and oxygen atoms in total. The van der Waals surface area contributed by atoms with Gasteiger partial charge in [0.05, 0.1) is 27.4 Å². The van der Waals surface area contributed by atoms with Crippen molar-refractivity contribution in [1.29, 1.82) is 0 Å². The molecule has 1 N–H and O–H groups in total. The number of methoxy groups -OCH3 is 3. The molecule has 144 valence electrons. The van der Waals surface area contributed by atoms with Crippen LogP contribution in [0, 0.1) is 13.8 Å². The SMILES string of the molecule is COc1cc(/C=C/C(=O)NC(C)c2cc(C)cc(C)c2)cc(OC)c1OC. The molecule has 5 heteroatoms. The molecule has 2 rings (SSSR count). The first kappa shape index (κ1) is 20.4. The predicted molar refractivity (Wildman–Crippen MR) is 108 cm³/mol. The molecule has 0 heterocycles. The quantitative estimate of drug-likeness (QED) is 0.743. The van der Waals surface area contributed by atoms with Gasteiger partial charge in [0.15, 0.2) is 11.5 Å². The molecule has 0 spiro atoms. The van der Waals surface area contributed by atoms with Crippen LogP contribution in [0.1, 0.15) is 35.2 Å². The number of amides is 1. The summed E-state index contributed by atoms with van der Waals surface area (Å²) in [5.74, 6) is 1.43. The molecule has 2 aromatic rings. The molecule has 1 atom stereocenters. The topological polar surface area (TPSA) is 56.8 Å². The van der Waals surface area contributed by atoms with Crippen molar-refractivity contribution < 1.29 is 19.0 Å². The molecular weight excluding hydrogens is 342 g/mol. The van der Waals surface area contributed by atoms with Gasteiger partial charge in [-0.3, -0.25) is 4.79 Å². The average Bonchev–Trinajstić information content (AvgIpc) is 2.64. The molecule has 2 aromatic carbocycles. The van der Waals surface area contributed by atoms with Gasteiger partial charge in [-0.05, 0) is 50.1 Å². The highest BCUT2D eigenvalue weighted by Gasteiger charge is 2.13. The van der Waals surface area contributed by atoms with Crippen molar-refractivity contribution in [2.75, 3.05) is 21.3 Å². The Bertz CT molecular complexity index is 797. The molecule has 27 heavy (non-hydrogen) atoms. The van der Waals surface area contributed by atoms with Gasteiger partial charge in [-0.15, -0.1) is 0 Å². The molecule has 0 fully saturated rings. The number of rotatable bonds is 7. The van der Waals surface area contributed by atoms with Gasteiger partial charge < -0.3 is 19.5 Å². The number of hydrogen-bond acceptors (Lipinski definition) is 4. The third-order valence-corrected chi connectivity index (χ3v) is 4.22. The first-order valence-electron chi connectivity index (χ1n) is 8.74. The number of nitrogens with one attached hydrogen (secondary N) is 1. The van der Waals surface area contributed by atoms with Crippen molar-refractivity contribution in [3.8, 4) is 17.2 Å². The summed E-state index contributed by atoms with van der Waals surface area (Å²) in [6, 6.07) is 9.78. The summed E-state index contributed by atoms with van der Waals surface area (Å²) in [5, 5.41) is 2.99. The van der Waals surface area contributed by atoms with E-state index in [0.717, 1.165) is 11.1 Å². The summed E-state index contributed by atoms with van der Waals surface area (Å²) >= 11 is 0. The maximum Gasteiger partial charge on any atom is 0.244 e. The summed E-state index contributed by atoms with van der Waals surface area (Å²) < 4.78 is 16.0. The van der Waals surface area contributed by atoms with Crippen molar-refractivity contribution >= 4 is 12.0 Å². The van der Waals surface area contributed by atoms with E-state index in [2.05, 4.69) is 37.4 Å². The Morgan fingerprint density at radius 1 is 0.926 bits per heavy atom. The lowest BCUT2D eigenvalue weighted by Gasteiger charge is -2.15. The van der Waals surface area contributed by atoms with E-state index in [-0.39, 0.29) is 11.9 Å². The van der Waals surface area contributed by atoms with E-state index in [4.69, 9.17) is 14.2 Å². The van der Waals surface area contributed by atoms with E-state index >= 15 is 0 Å². The molecule has 0 aromatic heterocycles. The third kappa shape index (κ3) is 5.26. The monoisotopic (exact) mass is 369 g/mol. The van der Waals surface area contributed by atoms with Gasteiger partial charge >= 0.3 is 0 Å². The van der Waals surface area contributed by atoms with E-state index in [1.807, 2.05) is 6.92 Å². The lowest BCUT2D eigenvalue weighted by atomic mass is 10.0. The molecular formula is C22H27NO4. The van der Waals surface area contributed by atoms with Gasteiger partial charge in [-0.25, -0.2) is 0 Å². The van der Waals surface area contributed by atoms with Gasteiger partial charge in [0.2, 0.25) is 11.7 Å². The van der Waals surface area contributed by atoms with Crippen molar-refractivity contribution in [3.05, 3.63) is 58.7 Å². The van der Waals surface area contributed by atoms with E-state index in [1.54, 1.807) is 39.5 Å². The second-order valence-corrected chi connectivity index (χ2v) is 6.44. The predicted octanol–water partition coefficient (Wildman–Crippen LogP) is 4.22. The van der Waals surface area contributed by atoms with Crippen LogP contribution in [-0.2, 0) is 4.79 Å². The summed E-state index contributed by atoms with van der Waals surface area (Å²) in [6.07, 6.45) is 3.22. The second kappa shape index (κ2) is 9.12. The average molecular weight is 369 g/mol. The van der Waals surface area contributed by atoms with Crippen molar-refractivity contribution in [2.45, 2.75) is 26.8 Å². The van der Waals surface area contributed by atoms with Gasteiger partial charge in [-0.1, -0.05) is 29.3 Å². The first-order chi connectivity index (χ1) is 12.9. The minimum absolute atomic E-state index is 0.0827. The number of carbonyl (C=O) groups excluding carboxylic acids is 1. The van der Waals surface area contributed by atoms with E-state index < -0.39 is 0 Å². The van der Waals surface area contributed by atoms with Crippen LogP contribution in [0.5, 0.6) is 17.2 Å². The van der Waals surface area contributed by atoms with Crippen molar-refractivity contribution in [3.63, 3.8) is 0 Å². The highest BCUT2D eigenvalue weighted by atomic mass is 16.5. The van der Waals surface area contributed by atoms with Crippen LogP contribution in [-0.4, -0.2) is 27.2 Å². The molecule has 0 saturated carbocycles. The highest BCUT2D eigenvalue weighted by molar-refractivity contribution is 5.92. The number of ether oxygens (including phenoxy) is 3. The second-order valence-electron chi connectivity index (χ2n) is 6.44. The van der Waals surface area contributed by atoms with Crippen LogP contribution in [0.15, 0.2) is 36.4 Å². The largest absolute Gasteiger partial charge is 0.493 e. The van der Waals surface area contributed by atoms with E-state index in [0.29, 0.717) is 17.2 Å². The molecule has 0 aliphatic carbocycles. The van der Waals surface area contributed by atoms with Crippen molar-refractivity contribution in [2.24, 2.45) is 0 Å². The molecule has 0 saturated heterocycles. The standard InChI is InChI=1S/C22H27NO4/c1-14-9-15(2)11-18(10-14)16(3)23-21(24)8-7-17-12-19(25-4)22(27-6)20(13-17)26-5/h7-13,16H,1-6H3,(H,23,24)/b8-7+. The Morgan fingerprint density at radius 2 is 1.48 bits per heavy atom. The lowest BCUT2D eigenvalue weighted by Crippen LogP contribution is -2.24. The highest BCUT2D eigenvalue weighted by Crippen LogP contribution is 2.38. The minimum Gasteiger partial charge on any atom is -0.493 e. The van der Waals surface area contributed by atoms with E-state index in [9.17, 15) is 4.79 Å². The fourth-order valence-electron chi connectivity index (χ4n) is 2.97. The van der Waals surface area contributed by atoms with Crippen molar-refractivity contribution in [1.82, 2.24) is 5.32 Å². The normalized spacial score (nSPS) is 11.9. The first-order valence-corrected chi connectivity index (χ1v) is 8.74. The van der Waals surface area contributed by atoms with Crippen LogP contribution in [0.3, 0.4) is 0 Å². The van der Waals surface area contributed by atoms with Gasteiger partial charge in [0.25, 0.3) is 0 Å². The molecule has 0 aliphatic rings. The van der Waals surface area contributed by atoms with Crippen LogP contribution >= 0.6 is 0 Å². The molecule has 0 bridgehead atoms. The van der Waals surface area contributed by atoms with Crippen LogP contribution in [0.2, 0.25) is 0 Å². The Balaban J connectivity index is 2.14. The summed E-state index contributed by atoms with van der Waals surface area (Å²) in [5.41, 5.74) is 4.22. The number of benzene rings is 2. The summed E-state index contributed by atoms with van der Waals surface area (Å²) in [6.45, 7) is 6.07. The van der Waals surface area contributed by atoms with Crippen LogP contribution in [0.4, 0.5) is 0 Å². The van der Waals surface area contributed by atoms with Crippen LogP contribution in [0.25, 0.3) is 6.08 Å². The minimum atomic E-state index is -0.171. The molecule has 1 amide bonds.